The number of methoxy groups -OCH3 is 1. The van der Waals surface area contributed by atoms with Gasteiger partial charge in [-0.25, -0.2) is 4.79 Å². The van der Waals surface area contributed by atoms with E-state index in [2.05, 4.69) is 5.32 Å². The van der Waals surface area contributed by atoms with Gasteiger partial charge in [0.05, 0.1) is 7.11 Å². The molecule has 0 bridgehead atoms. The minimum absolute atomic E-state index is 0.171. The van der Waals surface area contributed by atoms with Crippen LogP contribution < -0.4 is 5.32 Å². The third kappa shape index (κ3) is 3.94. The summed E-state index contributed by atoms with van der Waals surface area (Å²) in [5.74, 6) is -0.179. The van der Waals surface area contributed by atoms with E-state index in [1.165, 1.54) is 7.11 Å². The van der Waals surface area contributed by atoms with Crippen molar-refractivity contribution < 1.29 is 14.6 Å². The first-order valence-electron chi connectivity index (χ1n) is 6.18. The Morgan fingerprint density at radius 3 is 2.42 bits per heavy atom. The lowest BCUT2D eigenvalue weighted by atomic mass is 9.92. The van der Waals surface area contributed by atoms with E-state index in [4.69, 9.17) is 4.74 Å². The number of rotatable bonds is 6. The average Bonchev–Trinajstić information content (AvgIpc) is 2.37. The Kier molecular flexibility index (Phi) is 5.32. The van der Waals surface area contributed by atoms with Crippen LogP contribution in [0.3, 0.4) is 0 Å². The molecule has 1 aromatic carbocycles. The Hall–Kier alpha value is -1.59. The molecule has 1 unspecified atom stereocenters. The van der Waals surface area contributed by atoms with E-state index in [0.717, 1.165) is 12.1 Å². The molecule has 0 amide bonds. The summed E-state index contributed by atoms with van der Waals surface area (Å²) in [5.41, 5.74) is -0.158. The van der Waals surface area contributed by atoms with Crippen LogP contribution in [0.1, 0.15) is 12.5 Å². The number of phenols is 1. The van der Waals surface area contributed by atoms with Gasteiger partial charge in [-0.2, -0.15) is 0 Å². The van der Waals surface area contributed by atoms with Crippen LogP contribution >= 0.6 is 0 Å². The zero-order valence-electron chi connectivity index (χ0n) is 11.9. The fourth-order valence-corrected chi connectivity index (χ4v) is 1.82. The number of benzene rings is 1. The van der Waals surface area contributed by atoms with E-state index >= 15 is 0 Å². The second kappa shape index (κ2) is 6.54. The number of ether oxygens (including phenoxy) is 1. The molecule has 0 aliphatic rings. The average molecular weight is 266 g/mol. The van der Waals surface area contributed by atoms with Crippen LogP contribution in [0.25, 0.3) is 0 Å². The van der Waals surface area contributed by atoms with E-state index in [1.807, 2.05) is 19.0 Å². The van der Waals surface area contributed by atoms with Crippen LogP contribution in [-0.2, 0) is 15.1 Å². The van der Waals surface area contributed by atoms with Crippen LogP contribution in [0, 0.1) is 0 Å². The van der Waals surface area contributed by atoms with Crippen molar-refractivity contribution in [3.63, 3.8) is 0 Å². The second-order valence-corrected chi connectivity index (χ2v) is 4.89. The fourth-order valence-electron chi connectivity index (χ4n) is 1.82. The van der Waals surface area contributed by atoms with E-state index in [1.54, 1.807) is 31.2 Å². The highest BCUT2D eigenvalue weighted by Crippen LogP contribution is 2.24. The number of aromatic hydroxyl groups is 1. The summed E-state index contributed by atoms with van der Waals surface area (Å²) < 4.78 is 4.88. The Morgan fingerprint density at radius 2 is 1.95 bits per heavy atom. The molecular formula is C14H22N2O3. The third-order valence-electron chi connectivity index (χ3n) is 3.08. The Morgan fingerprint density at radius 1 is 1.37 bits per heavy atom. The molecule has 2 N–H and O–H groups in total. The van der Waals surface area contributed by atoms with Gasteiger partial charge in [-0.15, -0.1) is 0 Å². The molecule has 0 aliphatic carbocycles. The molecule has 1 rings (SSSR count). The van der Waals surface area contributed by atoms with Crippen molar-refractivity contribution >= 4 is 5.97 Å². The number of hydrogen-bond acceptors (Lipinski definition) is 5. The lowest BCUT2D eigenvalue weighted by molar-refractivity contribution is -0.148. The van der Waals surface area contributed by atoms with Crippen LogP contribution in [0.5, 0.6) is 5.75 Å². The summed E-state index contributed by atoms with van der Waals surface area (Å²) in [5, 5.41) is 12.5. The molecular weight excluding hydrogens is 244 g/mol. The van der Waals surface area contributed by atoms with Gasteiger partial charge < -0.3 is 14.7 Å². The van der Waals surface area contributed by atoms with Gasteiger partial charge in [0.1, 0.15) is 11.3 Å². The van der Waals surface area contributed by atoms with Crippen molar-refractivity contribution in [3.05, 3.63) is 29.8 Å². The normalized spacial score (nSPS) is 14.2. The molecule has 19 heavy (non-hydrogen) atoms. The van der Waals surface area contributed by atoms with Gasteiger partial charge in [-0.1, -0.05) is 12.1 Å². The molecule has 0 heterocycles. The maximum Gasteiger partial charge on any atom is 0.330 e. The highest BCUT2D eigenvalue weighted by molar-refractivity contribution is 5.82. The van der Waals surface area contributed by atoms with Crippen molar-refractivity contribution in [2.45, 2.75) is 12.5 Å². The Bertz CT molecular complexity index is 417. The predicted molar refractivity (Wildman–Crippen MR) is 74.0 cm³/mol. The van der Waals surface area contributed by atoms with Crippen LogP contribution in [-0.4, -0.2) is 50.3 Å². The maximum absolute atomic E-state index is 12.0. The molecule has 0 spiro atoms. The summed E-state index contributed by atoms with van der Waals surface area (Å²) in [4.78, 5) is 14.1. The summed E-state index contributed by atoms with van der Waals surface area (Å²) >= 11 is 0. The van der Waals surface area contributed by atoms with Gasteiger partial charge in [-0.05, 0) is 38.7 Å². The van der Waals surface area contributed by atoms with Crippen molar-refractivity contribution in [3.8, 4) is 5.75 Å². The summed E-state index contributed by atoms with van der Waals surface area (Å²) in [6, 6.07) is 6.55. The topological polar surface area (TPSA) is 61.8 Å². The predicted octanol–water partition coefficient (Wildman–Crippen LogP) is 0.932. The monoisotopic (exact) mass is 266 g/mol. The number of nitrogens with zero attached hydrogens (tertiary/aromatic N) is 1. The number of phenolic OH excluding ortho intramolecular Hbond substituents is 1. The van der Waals surface area contributed by atoms with Crippen LogP contribution in [0.4, 0.5) is 0 Å². The first-order valence-corrected chi connectivity index (χ1v) is 6.18. The van der Waals surface area contributed by atoms with Gasteiger partial charge >= 0.3 is 5.97 Å². The lowest BCUT2D eigenvalue weighted by Crippen LogP contribution is -2.49. The first-order chi connectivity index (χ1) is 8.90. The van der Waals surface area contributed by atoms with E-state index in [9.17, 15) is 9.90 Å². The number of nitrogens with one attached hydrogen (secondary N) is 1. The highest BCUT2D eigenvalue weighted by atomic mass is 16.5. The molecule has 5 heteroatoms. The molecule has 0 aromatic heterocycles. The van der Waals surface area contributed by atoms with E-state index in [0.29, 0.717) is 6.54 Å². The number of esters is 1. The minimum atomic E-state index is -0.918. The SMILES string of the molecule is COC(=O)C(C)(NCCN(C)C)c1ccc(O)cc1. The Labute approximate surface area is 114 Å². The van der Waals surface area contributed by atoms with Crippen molar-refractivity contribution in [2.24, 2.45) is 0 Å². The van der Waals surface area contributed by atoms with Gasteiger partial charge in [-0.3, -0.25) is 5.32 Å². The van der Waals surface area contributed by atoms with Crippen LogP contribution in [0.2, 0.25) is 0 Å². The minimum Gasteiger partial charge on any atom is -0.508 e. The fraction of sp³-hybridized carbons (Fsp3) is 0.500. The van der Waals surface area contributed by atoms with Gasteiger partial charge in [0.2, 0.25) is 0 Å². The van der Waals surface area contributed by atoms with Gasteiger partial charge in [0.15, 0.2) is 0 Å². The highest BCUT2D eigenvalue weighted by Gasteiger charge is 2.35. The number of carbonyl (C=O) groups excluding carboxylic acids is 1. The molecule has 1 atom stereocenters. The van der Waals surface area contributed by atoms with Crippen molar-refractivity contribution in [1.29, 1.82) is 0 Å². The summed E-state index contributed by atoms with van der Waals surface area (Å²) in [7, 11) is 5.31. The molecule has 0 saturated carbocycles. The molecule has 0 aliphatic heterocycles. The third-order valence-corrected chi connectivity index (χ3v) is 3.08. The largest absolute Gasteiger partial charge is 0.508 e. The molecule has 1 aromatic rings. The number of hydrogen-bond donors (Lipinski definition) is 2. The maximum atomic E-state index is 12.0. The standard InChI is InChI=1S/C14H22N2O3/c1-14(13(18)19-4,15-9-10-16(2)3)11-5-7-12(17)8-6-11/h5-8,15,17H,9-10H2,1-4H3. The molecule has 106 valence electrons. The quantitative estimate of drug-likeness (QED) is 0.750. The summed E-state index contributed by atoms with van der Waals surface area (Å²) in [6.45, 7) is 3.24. The van der Waals surface area contributed by atoms with Crippen molar-refractivity contribution in [2.75, 3.05) is 34.3 Å². The zero-order chi connectivity index (χ0) is 14.5. The number of carbonyl (C=O) groups is 1. The van der Waals surface area contributed by atoms with Gasteiger partial charge in [0, 0.05) is 13.1 Å². The van der Waals surface area contributed by atoms with E-state index < -0.39 is 5.54 Å². The molecule has 5 nitrogen and oxygen atoms in total. The lowest BCUT2D eigenvalue weighted by Gasteiger charge is -2.29. The number of likely N-dealkylation sites (N-methyl/N-ethyl adjacent to an activating group) is 1. The molecule has 0 fully saturated rings. The molecule has 0 saturated heterocycles. The van der Waals surface area contributed by atoms with Gasteiger partial charge in [0.25, 0.3) is 0 Å². The summed E-state index contributed by atoms with van der Waals surface area (Å²) in [6.07, 6.45) is 0. The Balaban J connectivity index is 2.92. The second-order valence-electron chi connectivity index (χ2n) is 4.89. The van der Waals surface area contributed by atoms with Crippen LogP contribution in [0.15, 0.2) is 24.3 Å². The molecule has 0 radical (unpaired) electrons. The smallest absolute Gasteiger partial charge is 0.330 e. The zero-order valence-corrected chi connectivity index (χ0v) is 11.9. The first kappa shape index (κ1) is 15.5. The van der Waals surface area contributed by atoms with E-state index in [-0.39, 0.29) is 11.7 Å². The van der Waals surface area contributed by atoms with Crippen molar-refractivity contribution in [1.82, 2.24) is 10.2 Å².